The number of nitrogens with one attached hydrogen (secondary N) is 2. The van der Waals surface area contributed by atoms with Gasteiger partial charge in [-0.2, -0.15) is 5.01 Å². The summed E-state index contributed by atoms with van der Waals surface area (Å²) in [4.78, 5) is 41.4. The van der Waals surface area contributed by atoms with Crippen molar-refractivity contribution in [3.8, 4) is 0 Å². The Kier molecular flexibility index (Phi) is 5.90. The number of carbonyl (C=O) groups excluding carboxylic acids is 3. The first-order valence-electron chi connectivity index (χ1n) is 10.7. The Hall–Kier alpha value is -2.68. The number of benzene rings is 1. The molecule has 3 fully saturated rings. The van der Waals surface area contributed by atoms with Gasteiger partial charge in [-0.15, -0.1) is 0 Å². The van der Waals surface area contributed by atoms with Gasteiger partial charge in [-0.1, -0.05) is 31.4 Å². The van der Waals surface area contributed by atoms with Crippen LogP contribution in [0.3, 0.4) is 0 Å². The molecular formula is C21H28FN5O3. The second-order valence-electron chi connectivity index (χ2n) is 8.28. The predicted molar refractivity (Wildman–Crippen MR) is 109 cm³/mol. The third-order valence-corrected chi connectivity index (χ3v) is 6.33. The maximum atomic E-state index is 13.9. The number of imide groups is 1. The molecule has 1 aromatic carbocycles. The maximum Gasteiger partial charge on any atom is 0.344 e. The minimum Gasteiger partial charge on any atom is -0.367 e. The largest absolute Gasteiger partial charge is 0.367 e. The van der Waals surface area contributed by atoms with Crippen molar-refractivity contribution in [1.29, 1.82) is 0 Å². The monoisotopic (exact) mass is 417 g/mol. The van der Waals surface area contributed by atoms with Gasteiger partial charge in [-0.3, -0.25) is 19.9 Å². The molecule has 2 aliphatic heterocycles. The molecule has 0 bridgehead atoms. The van der Waals surface area contributed by atoms with Crippen LogP contribution < -0.4 is 15.6 Å². The summed E-state index contributed by atoms with van der Waals surface area (Å²) in [5, 5.41) is 3.63. The number of para-hydroxylation sites is 1. The molecule has 3 aliphatic rings. The molecule has 8 nitrogen and oxygen atoms in total. The highest BCUT2D eigenvalue weighted by molar-refractivity contribution is 6.08. The van der Waals surface area contributed by atoms with Gasteiger partial charge in [0.25, 0.3) is 5.91 Å². The van der Waals surface area contributed by atoms with Crippen molar-refractivity contribution in [3.05, 3.63) is 30.1 Å². The Morgan fingerprint density at radius 3 is 2.47 bits per heavy atom. The average molecular weight is 417 g/mol. The molecule has 1 aliphatic carbocycles. The molecule has 4 amide bonds. The Bertz CT molecular complexity index is 819. The van der Waals surface area contributed by atoms with Gasteiger partial charge in [0.15, 0.2) is 0 Å². The van der Waals surface area contributed by atoms with E-state index in [0.717, 1.165) is 24.3 Å². The van der Waals surface area contributed by atoms with E-state index in [1.807, 2.05) is 11.0 Å². The van der Waals surface area contributed by atoms with E-state index in [9.17, 15) is 18.8 Å². The lowest BCUT2D eigenvalue weighted by atomic mass is 9.82. The lowest BCUT2D eigenvalue weighted by Gasteiger charge is -2.36. The number of halogens is 1. The van der Waals surface area contributed by atoms with Crippen LogP contribution in [0.1, 0.15) is 38.5 Å². The van der Waals surface area contributed by atoms with Crippen molar-refractivity contribution in [2.75, 3.05) is 37.6 Å². The standard InChI is InChI=1S/C21H28FN5O3/c22-16-6-2-3-7-17(16)26-14-12-25(13-15-26)11-8-18(28)24-27-19(29)21(23-20(27)30)9-4-1-5-10-21/h2-3,6-7H,1,4-5,8-15H2,(H,23,30)(H,24,28). The van der Waals surface area contributed by atoms with Gasteiger partial charge in [-0.25, -0.2) is 9.18 Å². The normalized spacial score (nSPS) is 21.8. The second-order valence-corrected chi connectivity index (χ2v) is 8.28. The molecule has 1 aromatic rings. The summed E-state index contributed by atoms with van der Waals surface area (Å²) < 4.78 is 13.9. The highest BCUT2D eigenvalue weighted by Gasteiger charge is 2.52. The number of carbonyl (C=O) groups is 3. The zero-order valence-electron chi connectivity index (χ0n) is 17.0. The number of hydrogen-bond donors (Lipinski definition) is 2. The van der Waals surface area contributed by atoms with Gasteiger partial charge >= 0.3 is 6.03 Å². The Labute approximate surface area is 175 Å². The molecule has 2 saturated heterocycles. The summed E-state index contributed by atoms with van der Waals surface area (Å²) in [7, 11) is 0. The van der Waals surface area contributed by atoms with Crippen LogP contribution in [0.15, 0.2) is 24.3 Å². The highest BCUT2D eigenvalue weighted by atomic mass is 19.1. The number of hydrazine groups is 1. The fraction of sp³-hybridized carbons (Fsp3) is 0.571. The van der Waals surface area contributed by atoms with Crippen molar-refractivity contribution in [2.24, 2.45) is 0 Å². The second kappa shape index (κ2) is 8.59. The van der Waals surface area contributed by atoms with Gasteiger partial charge in [0.2, 0.25) is 5.91 Å². The Balaban J connectivity index is 1.23. The fourth-order valence-electron chi connectivity index (χ4n) is 4.58. The van der Waals surface area contributed by atoms with Crippen molar-refractivity contribution in [1.82, 2.24) is 20.7 Å². The third-order valence-electron chi connectivity index (χ3n) is 6.33. The zero-order valence-corrected chi connectivity index (χ0v) is 17.0. The van der Waals surface area contributed by atoms with Crippen LogP contribution in [0.25, 0.3) is 0 Å². The molecule has 1 saturated carbocycles. The van der Waals surface area contributed by atoms with E-state index in [1.54, 1.807) is 12.1 Å². The summed E-state index contributed by atoms with van der Waals surface area (Å²) in [5.74, 6) is -0.934. The molecule has 2 heterocycles. The first kappa shape index (κ1) is 20.6. The van der Waals surface area contributed by atoms with E-state index in [-0.39, 0.29) is 24.1 Å². The van der Waals surface area contributed by atoms with E-state index in [0.29, 0.717) is 51.3 Å². The summed E-state index contributed by atoms with van der Waals surface area (Å²) in [5.41, 5.74) is 2.24. The quantitative estimate of drug-likeness (QED) is 0.712. The summed E-state index contributed by atoms with van der Waals surface area (Å²) in [6.45, 7) is 3.31. The molecule has 2 N–H and O–H groups in total. The first-order valence-corrected chi connectivity index (χ1v) is 10.7. The molecule has 4 rings (SSSR count). The number of urea groups is 1. The van der Waals surface area contributed by atoms with Crippen LogP contribution in [0.2, 0.25) is 0 Å². The molecule has 162 valence electrons. The summed E-state index contributed by atoms with van der Waals surface area (Å²) >= 11 is 0. The van der Waals surface area contributed by atoms with Gasteiger partial charge in [-0.05, 0) is 25.0 Å². The van der Waals surface area contributed by atoms with Crippen molar-refractivity contribution < 1.29 is 18.8 Å². The number of piperazine rings is 1. The SMILES string of the molecule is O=C(CCN1CCN(c2ccccc2F)CC1)NN1C(=O)NC2(CCCCC2)C1=O. The molecule has 9 heteroatoms. The van der Waals surface area contributed by atoms with Gasteiger partial charge < -0.3 is 10.2 Å². The van der Waals surface area contributed by atoms with E-state index in [4.69, 9.17) is 0 Å². The summed E-state index contributed by atoms with van der Waals surface area (Å²) in [6, 6.07) is 6.18. The van der Waals surface area contributed by atoms with Crippen LogP contribution in [0.5, 0.6) is 0 Å². The molecule has 0 unspecified atom stereocenters. The van der Waals surface area contributed by atoms with E-state index < -0.39 is 11.6 Å². The van der Waals surface area contributed by atoms with E-state index >= 15 is 0 Å². The molecule has 1 spiro atoms. The fourth-order valence-corrected chi connectivity index (χ4v) is 4.58. The molecule has 0 aromatic heterocycles. The number of nitrogens with zero attached hydrogens (tertiary/aromatic N) is 3. The molecule has 0 radical (unpaired) electrons. The van der Waals surface area contributed by atoms with Crippen LogP contribution in [-0.4, -0.2) is 66.0 Å². The van der Waals surface area contributed by atoms with Gasteiger partial charge in [0, 0.05) is 39.1 Å². The van der Waals surface area contributed by atoms with Crippen LogP contribution in [0.4, 0.5) is 14.9 Å². The van der Waals surface area contributed by atoms with Gasteiger partial charge in [0.1, 0.15) is 11.4 Å². The number of rotatable bonds is 5. The van der Waals surface area contributed by atoms with Crippen molar-refractivity contribution >= 4 is 23.5 Å². The van der Waals surface area contributed by atoms with E-state index in [1.165, 1.54) is 6.07 Å². The number of amides is 4. The summed E-state index contributed by atoms with van der Waals surface area (Å²) in [6.07, 6.45) is 4.27. The van der Waals surface area contributed by atoms with Crippen molar-refractivity contribution in [2.45, 2.75) is 44.1 Å². The van der Waals surface area contributed by atoms with Crippen LogP contribution in [-0.2, 0) is 9.59 Å². The van der Waals surface area contributed by atoms with E-state index in [2.05, 4.69) is 15.6 Å². The molecule has 0 atom stereocenters. The number of anilines is 1. The molecule has 30 heavy (non-hydrogen) atoms. The maximum absolute atomic E-state index is 13.9. The first-order chi connectivity index (χ1) is 14.5. The molecular weight excluding hydrogens is 389 g/mol. The zero-order chi connectivity index (χ0) is 21.1. The van der Waals surface area contributed by atoms with Crippen LogP contribution >= 0.6 is 0 Å². The highest BCUT2D eigenvalue weighted by Crippen LogP contribution is 2.33. The third kappa shape index (κ3) is 4.12. The Morgan fingerprint density at radius 1 is 1.07 bits per heavy atom. The van der Waals surface area contributed by atoms with Crippen molar-refractivity contribution in [3.63, 3.8) is 0 Å². The lowest BCUT2D eigenvalue weighted by Crippen LogP contribution is -2.51. The lowest BCUT2D eigenvalue weighted by molar-refractivity contribution is -0.140. The minimum absolute atomic E-state index is 0.184. The minimum atomic E-state index is -0.842. The number of hydrogen-bond acceptors (Lipinski definition) is 5. The Morgan fingerprint density at radius 2 is 1.77 bits per heavy atom. The average Bonchev–Trinajstić information content (AvgIpc) is 2.97. The smallest absolute Gasteiger partial charge is 0.344 e. The predicted octanol–water partition coefficient (Wildman–Crippen LogP) is 1.62. The topological polar surface area (TPSA) is 85.0 Å². The van der Waals surface area contributed by atoms with Gasteiger partial charge in [0.05, 0.1) is 5.69 Å². The van der Waals surface area contributed by atoms with Crippen LogP contribution in [0, 0.1) is 5.82 Å².